The van der Waals surface area contributed by atoms with Crippen LogP contribution < -0.4 is 10.2 Å². The van der Waals surface area contributed by atoms with E-state index >= 15 is 0 Å². The van der Waals surface area contributed by atoms with Crippen LogP contribution in [0, 0.1) is 6.92 Å². The molecule has 1 aliphatic heterocycles. The SMILES string of the molecule is CCCCCN(C)c1nc(C)nc2c1CNCC2. The zero-order valence-corrected chi connectivity index (χ0v) is 11.8. The quantitative estimate of drug-likeness (QED) is 0.810. The van der Waals surface area contributed by atoms with Gasteiger partial charge in [0.1, 0.15) is 11.6 Å². The number of anilines is 1. The Hall–Kier alpha value is -1.16. The van der Waals surface area contributed by atoms with Crippen molar-refractivity contribution < 1.29 is 0 Å². The van der Waals surface area contributed by atoms with Gasteiger partial charge in [-0.3, -0.25) is 0 Å². The number of hydrogen-bond donors (Lipinski definition) is 1. The first-order valence-electron chi connectivity index (χ1n) is 7.00. The predicted molar refractivity (Wildman–Crippen MR) is 75.0 cm³/mol. The number of nitrogens with one attached hydrogen (secondary N) is 1. The van der Waals surface area contributed by atoms with Crippen LogP contribution in [0.3, 0.4) is 0 Å². The van der Waals surface area contributed by atoms with E-state index in [2.05, 4.69) is 34.2 Å². The summed E-state index contributed by atoms with van der Waals surface area (Å²) in [5.41, 5.74) is 2.53. The number of fused-ring (bicyclic) bond motifs is 1. The van der Waals surface area contributed by atoms with Gasteiger partial charge in [-0.2, -0.15) is 0 Å². The lowest BCUT2D eigenvalue weighted by atomic mass is 10.1. The van der Waals surface area contributed by atoms with Crippen LogP contribution >= 0.6 is 0 Å². The zero-order valence-electron chi connectivity index (χ0n) is 11.8. The predicted octanol–water partition coefficient (Wildman–Crippen LogP) is 2.06. The van der Waals surface area contributed by atoms with Crippen LogP contribution in [0.15, 0.2) is 0 Å². The largest absolute Gasteiger partial charge is 0.359 e. The van der Waals surface area contributed by atoms with Gasteiger partial charge in [0.25, 0.3) is 0 Å². The molecule has 0 amide bonds. The van der Waals surface area contributed by atoms with E-state index in [9.17, 15) is 0 Å². The maximum Gasteiger partial charge on any atom is 0.136 e. The van der Waals surface area contributed by atoms with Gasteiger partial charge < -0.3 is 10.2 Å². The van der Waals surface area contributed by atoms with E-state index in [1.165, 1.54) is 30.5 Å². The van der Waals surface area contributed by atoms with Gasteiger partial charge in [0.2, 0.25) is 0 Å². The highest BCUT2D eigenvalue weighted by molar-refractivity contribution is 5.49. The van der Waals surface area contributed by atoms with Crippen molar-refractivity contribution in [2.45, 2.75) is 46.1 Å². The van der Waals surface area contributed by atoms with E-state index in [0.717, 1.165) is 37.7 Å². The van der Waals surface area contributed by atoms with Crippen molar-refractivity contribution in [2.24, 2.45) is 0 Å². The molecule has 0 saturated heterocycles. The lowest BCUT2D eigenvalue weighted by Gasteiger charge is -2.25. The molecule has 4 nitrogen and oxygen atoms in total. The van der Waals surface area contributed by atoms with Gasteiger partial charge in [0.15, 0.2) is 0 Å². The molecule has 0 bridgehead atoms. The first kappa shape index (κ1) is 13.3. The summed E-state index contributed by atoms with van der Waals surface area (Å²) in [4.78, 5) is 11.5. The molecule has 2 rings (SSSR count). The monoisotopic (exact) mass is 248 g/mol. The number of rotatable bonds is 5. The van der Waals surface area contributed by atoms with E-state index in [4.69, 9.17) is 0 Å². The summed E-state index contributed by atoms with van der Waals surface area (Å²) in [6.45, 7) is 7.24. The third-order valence-electron chi connectivity index (χ3n) is 3.48. The Morgan fingerprint density at radius 1 is 1.28 bits per heavy atom. The second-order valence-electron chi connectivity index (χ2n) is 5.08. The van der Waals surface area contributed by atoms with E-state index in [0.29, 0.717) is 0 Å². The van der Waals surface area contributed by atoms with Crippen molar-refractivity contribution in [3.8, 4) is 0 Å². The summed E-state index contributed by atoms with van der Waals surface area (Å²) in [6, 6.07) is 0. The van der Waals surface area contributed by atoms with Gasteiger partial charge in [-0.1, -0.05) is 19.8 Å². The molecule has 0 saturated carbocycles. The maximum absolute atomic E-state index is 4.64. The zero-order chi connectivity index (χ0) is 13.0. The molecule has 0 atom stereocenters. The Kier molecular flexibility index (Phi) is 4.53. The summed E-state index contributed by atoms with van der Waals surface area (Å²) >= 11 is 0. The van der Waals surface area contributed by atoms with Crippen molar-refractivity contribution in [1.82, 2.24) is 15.3 Å². The highest BCUT2D eigenvalue weighted by Gasteiger charge is 2.18. The molecule has 18 heavy (non-hydrogen) atoms. The first-order valence-corrected chi connectivity index (χ1v) is 7.00. The first-order chi connectivity index (χ1) is 8.72. The summed E-state index contributed by atoms with van der Waals surface area (Å²) < 4.78 is 0. The molecule has 0 aromatic carbocycles. The minimum Gasteiger partial charge on any atom is -0.359 e. The third-order valence-corrected chi connectivity index (χ3v) is 3.48. The number of unbranched alkanes of at least 4 members (excludes halogenated alkanes) is 2. The summed E-state index contributed by atoms with van der Waals surface area (Å²) in [5.74, 6) is 2.02. The van der Waals surface area contributed by atoms with Gasteiger partial charge in [-0.25, -0.2) is 9.97 Å². The molecule has 100 valence electrons. The third kappa shape index (κ3) is 2.99. The molecule has 4 heteroatoms. The Labute approximate surface area is 110 Å². The molecule has 0 spiro atoms. The minimum atomic E-state index is 0.896. The van der Waals surface area contributed by atoms with Gasteiger partial charge >= 0.3 is 0 Å². The highest BCUT2D eigenvalue weighted by Crippen LogP contribution is 2.22. The number of nitrogens with zero attached hydrogens (tertiary/aromatic N) is 3. The van der Waals surface area contributed by atoms with Gasteiger partial charge in [-0.15, -0.1) is 0 Å². The van der Waals surface area contributed by atoms with Crippen molar-refractivity contribution in [3.63, 3.8) is 0 Å². The van der Waals surface area contributed by atoms with Gasteiger partial charge in [0, 0.05) is 38.7 Å². The molecule has 1 aromatic rings. The molecular weight excluding hydrogens is 224 g/mol. The van der Waals surface area contributed by atoms with Crippen molar-refractivity contribution in [1.29, 1.82) is 0 Å². The second kappa shape index (κ2) is 6.14. The van der Waals surface area contributed by atoms with Crippen LogP contribution in [0.1, 0.15) is 43.3 Å². The molecule has 1 aromatic heterocycles. The lowest BCUT2D eigenvalue weighted by Crippen LogP contribution is -2.30. The highest BCUT2D eigenvalue weighted by atomic mass is 15.2. The van der Waals surface area contributed by atoms with Crippen molar-refractivity contribution in [2.75, 3.05) is 25.0 Å². The Balaban J connectivity index is 2.17. The smallest absolute Gasteiger partial charge is 0.136 e. The van der Waals surface area contributed by atoms with Crippen LogP contribution in [0.2, 0.25) is 0 Å². The normalized spacial score (nSPS) is 14.4. The molecular formula is C14H24N4. The van der Waals surface area contributed by atoms with Crippen LogP contribution in [-0.2, 0) is 13.0 Å². The fraction of sp³-hybridized carbons (Fsp3) is 0.714. The molecule has 0 unspecified atom stereocenters. The summed E-state index contributed by atoms with van der Waals surface area (Å²) in [5, 5.41) is 3.42. The lowest BCUT2D eigenvalue weighted by molar-refractivity contribution is 0.616. The Bertz CT molecular complexity index is 403. The van der Waals surface area contributed by atoms with Crippen molar-refractivity contribution in [3.05, 3.63) is 17.1 Å². The van der Waals surface area contributed by atoms with Gasteiger partial charge in [0.05, 0.1) is 5.69 Å². The average molecular weight is 248 g/mol. The van der Waals surface area contributed by atoms with Crippen LogP contribution in [0.4, 0.5) is 5.82 Å². The van der Waals surface area contributed by atoms with Crippen LogP contribution in [0.25, 0.3) is 0 Å². The van der Waals surface area contributed by atoms with E-state index < -0.39 is 0 Å². The molecule has 0 aliphatic carbocycles. The second-order valence-corrected chi connectivity index (χ2v) is 5.08. The Morgan fingerprint density at radius 2 is 2.11 bits per heavy atom. The minimum absolute atomic E-state index is 0.896. The molecule has 1 aliphatic rings. The van der Waals surface area contributed by atoms with Gasteiger partial charge in [-0.05, 0) is 13.3 Å². The van der Waals surface area contributed by atoms with Crippen LogP contribution in [-0.4, -0.2) is 30.1 Å². The molecule has 0 radical (unpaired) electrons. The van der Waals surface area contributed by atoms with E-state index in [-0.39, 0.29) is 0 Å². The van der Waals surface area contributed by atoms with E-state index in [1.54, 1.807) is 0 Å². The maximum atomic E-state index is 4.64. The van der Waals surface area contributed by atoms with E-state index in [1.807, 2.05) is 6.92 Å². The topological polar surface area (TPSA) is 41.1 Å². The fourth-order valence-electron chi connectivity index (χ4n) is 2.47. The molecule has 2 heterocycles. The summed E-state index contributed by atoms with van der Waals surface area (Å²) in [6.07, 6.45) is 4.80. The van der Waals surface area contributed by atoms with Crippen LogP contribution in [0.5, 0.6) is 0 Å². The number of hydrogen-bond acceptors (Lipinski definition) is 4. The van der Waals surface area contributed by atoms with Crippen molar-refractivity contribution >= 4 is 5.82 Å². The fourth-order valence-corrected chi connectivity index (χ4v) is 2.47. The molecule has 1 N–H and O–H groups in total. The average Bonchev–Trinajstić information content (AvgIpc) is 2.38. The summed E-state index contributed by atoms with van der Waals surface area (Å²) in [7, 11) is 2.15. The Morgan fingerprint density at radius 3 is 2.89 bits per heavy atom. The number of aromatic nitrogens is 2. The molecule has 0 fully saturated rings. The number of aryl methyl sites for hydroxylation is 1. The standard InChI is InChI=1S/C14H24N4/c1-4-5-6-9-18(3)14-12-10-15-8-7-13(12)16-11(2)17-14/h15H,4-10H2,1-3H3.